The summed E-state index contributed by atoms with van der Waals surface area (Å²) in [6.07, 6.45) is 0. The first kappa shape index (κ1) is 8.02. The molecule has 0 aliphatic rings. The average molecular weight is 354 g/mol. The first-order valence-corrected chi connectivity index (χ1v) is 13.1. The van der Waals surface area contributed by atoms with Crippen LogP contribution in [0.2, 0.25) is 0 Å². The van der Waals surface area contributed by atoms with Gasteiger partial charge >= 0.3 is 59.7 Å². The first-order chi connectivity index (χ1) is 2.77. The van der Waals surface area contributed by atoms with Crippen LogP contribution in [0, 0.1) is 0 Å². The number of halogens is 3. The van der Waals surface area contributed by atoms with E-state index in [1.54, 1.807) is 0 Å². The third-order valence-corrected chi connectivity index (χ3v) is 5.22. The molecule has 40 valence electrons. The molecule has 0 rings (SSSR count). The fraction of sp³-hybridized carbons (Fsp3) is 0. The standard InChI is InChI=1S/ClHI2O2S/c1-3(2)6-5-4/h4H. The van der Waals surface area contributed by atoms with E-state index in [-0.39, 0.29) is 0 Å². The van der Waals surface area contributed by atoms with Crippen molar-refractivity contribution < 1.29 is 9.59 Å². The summed E-state index contributed by atoms with van der Waals surface area (Å²) in [4.78, 5) is 0. The van der Waals surface area contributed by atoms with Crippen molar-refractivity contribution in [2.24, 2.45) is 0 Å². The minimum atomic E-state index is -1.42. The summed E-state index contributed by atoms with van der Waals surface area (Å²) in [7, 11) is 6.35. The van der Waals surface area contributed by atoms with Gasteiger partial charge in [0.1, 0.15) is 0 Å². The van der Waals surface area contributed by atoms with Crippen LogP contribution in [0.1, 0.15) is 0 Å². The van der Waals surface area contributed by atoms with Crippen molar-refractivity contribution in [1.82, 2.24) is 0 Å². The van der Waals surface area contributed by atoms with Gasteiger partial charge in [0.05, 0.1) is 0 Å². The summed E-state index contributed by atoms with van der Waals surface area (Å²) >= 11 is 0.622. The van der Waals surface area contributed by atoms with E-state index in [9.17, 15) is 0 Å². The molecule has 1 N–H and O–H groups in total. The van der Waals surface area contributed by atoms with Gasteiger partial charge < -0.3 is 0 Å². The van der Waals surface area contributed by atoms with Crippen LogP contribution in [0.5, 0.6) is 0 Å². The van der Waals surface area contributed by atoms with Crippen LogP contribution in [-0.4, -0.2) is 5.26 Å². The summed E-state index contributed by atoms with van der Waals surface area (Å²) in [6.45, 7) is 0. The maximum absolute atomic E-state index is 7.65. The Hall–Kier alpha value is 2.02. The van der Waals surface area contributed by atoms with Gasteiger partial charge in [-0.1, -0.05) is 0 Å². The second-order valence-corrected chi connectivity index (χ2v) is 20.2. The Bertz CT molecular complexity index is 32.7. The molecule has 0 aliphatic heterocycles. The van der Waals surface area contributed by atoms with Gasteiger partial charge in [0.25, 0.3) is 0 Å². The molecule has 6 heavy (non-hydrogen) atoms. The molecule has 0 aliphatic carbocycles. The zero-order chi connectivity index (χ0) is 4.99. The van der Waals surface area contributed by atoms with Gasteiger partial charge in [0.2, 0.25) is 0 Å². The van der Waals surface area contributed by atoms with Gasteiger partial charge in [-0.3, -0.25) is 0 Å². The van der Waals surface area contributed by atoms with Crippen molar-refractivity contribution in [3.05, 3.63) is 0 Å². The van der Waals surface area contributed by atoms with Gasteiger partial charge in [0.15, 0.2) is 0 Å². The van der Waals surface area contributed by atoms with Gasteiger partial charge in [-0.2, -0.15) is 0 Å². The average Bonchev–Trinajstić information content (AvgIpc) is 1.35. The Labute approximate surface area is 58.8 Å². The van der Waals surface area contributed by atoms with Crippen LogP contribution < -0.4 is 0 Å². The SMILES string of the molecule is OOSI(Cl)I. The van der Waals surface area contributed by atoms with Crippen molar-refractivity contribution in [1.29, 1.82) is 0 Å². The molecule has 0 saturated carbocycles. The Morgan fingerprint density at radius 1 is 2.00 bits per heavy atom. The molecular weight excluding hydrogens is 353 g/mol. The summed E-state index contributed by atoms with van der Waals surface area (Å²) in [6, 6.07) is 0. The zero-order valence-corrected chi connectivity index (χ0v) is 8.29. The molecule has 0 aromatic rings. The van der Waals surface area contributed by atoms with Crippen molar-refractivity contribution in [2.45, 2.75) is 0 Å². The third kappa shape index (κ3) is 6.02. The van der Waals surface area contributed by atoms with Crippen molar-refractivity contribution >= 4 is 50.1 Å². The quantitative estimate of drug-likeness (QED) is 0.358. The molecule has 0 aromatic heterocycles. The van der Waals surface area contributed by atoms with E-state index in [1.165, 1.54) is 0 Å². The molecule has 0 amide bonds. The van der Waals surface area contributed by atoms with Gasteiger partial charge in [0, 0.05) is 0 Å². The summed E-state index contributed by atoms with van der Waals surface area (Å²) in [5, 5.41) is 7.65. The van der Waals surface area contributed by atoms with Crippen LogP contribution >= 0.6 is 50.1 Å². The van der Waals surface area contributed by atoms with E-state index in [0.717, 1.165) is 9.21 Å². The molecule has 2 nitrogen and oxygen atoms in total. The van der Waals surface area contributed by atoms with Crippen LogP contribution in [0.25, 0.3) is 0 Å². The summed E-state index contributed by atoms with van der Waals surface area (Å²) in [5.41, 5.74) is 0. The molecule has 6 heteroatoms. The van der Waals surface area contributed by atoms with Gasteiger partial charge in [-0.25, -0.2) is 0 Å². The Balaban J connectivity index is 2.63. The number of hydrogen-bond acceptors (Lipinski definition) is 3. The topological polar surface area (TPSA) is 29.5 Å². The van der Waals surface area contributed by atoms with E-state index in [0.29, 0.717) is 0 Å². The van der Waals surface area contributed by atoms with Crippen molar-refractivity contribution in [3.63, 3.8) is 0 Å². The van der Waals surface area contributed by atoms with E-state index < -0.39 is 13.3 Å². The summed E-state index contributed by atoms with van der Waals surface area (Å²) < 4.78 is 3.65. The second kappa shape index (κ2) is 5.16. The number of hydrogen-bond donors (Lipinski definition) is 1. The molecule has 0 saturated heterocycles. The van der Waals surface area contributed by atoms with Crippen LogP contribution in [0.15, 0.2) is 0 Å². The second-order valence-electron chi connectivity index (χ2n) is 0.308. The molecule has 0 unspecified atom stereocenters. The Kier molecular flexibility index (Phi) is 6.90. The van der Waals surface area contributed by atoms with Gasteiger partial charge in [-0.15, -0.1) is 0 Å². The molecule has 0 heterocycles. The van der Waals surface area contributed by atoms with Gasteiger partial charge in [-0.05, 0) is 0 Å². The monoisotopic (exact) mass is 354 g/mol. The van der Waals surface area contributed by atoms with Crippen molar-refractivity contribution in [3.8, 4) is 0 Å². The minimum absolute atomic E-state index is 0.950. The van der Waals surface area contributed by atoms with E-state index >= 15 is 0 Å². The van der Waals surface area contributed by atoms with Crippen LogP contribution in [0.3, 0.4) is 0 Å². The molecule has 0 atom stereocenters. The predicted molar refractivity (Wildman–Crippen MR) is 45.2 cm³/mol. The number of rotatable bonds is 2. The van der Waals surface area contributed by atoms with E-state index in [1.807, 2.05) is 18.6 Å². The zero-order valence-electron chi connectivity index (χ0n) is 2.40. The maximum atomic E-state index is 7.65. The molecular formula is HClI2O2S. The van der Waals surface area contributed by atoms with Crippen molar-refractivity contribution in [2.75, 3.05) is 0 Å². The molecule has 0 fully saturated rings. The third-order valence-electron chi connectivity index (χ3n) is 0.0758. The normalized spacial score (nSPS) is 11.5. The Morgan fingerprint density at radius 3 is 2.50 bits per heavy atom. The molecule has 0 aromatic carbocycles. The Morgan fingerprint density at radius 2 is 2.50 bits per heavy atom. The van der Waals surface area contributed by atoms with Crippen LogP contribution in [0.4, 0.5) is 0 Å². The fourth-order valence-corrected chi connectivity index (χ4v) is 2.08. The molecule has 0 radical (unpaired) electrons. The first-order valence-electron chi connectivity index (χ1n) is 0.789. The predicted octanol–water partition coefficient (Wildman–Crippen LogP) is 3.05. The molecule has 0 spiro atoms. The van der Waals surface area contributed by atoms with E-state index in [4.69, 9.17) is 14.2 Å². The molecule has 0 bridgehead atoms. The summed E-state index contributed by atoms with van der Waals surface area (Å²) in [5.74, 6) is 0. The van der Waals surface area contributed by atoms with Crippen LogP contribution in [-0.2, 0) is 4.33 Å². The fourth-order valence-electron chi connectivity index (χ4n) is 0.0213. The van der Waals surface area contributed by atoms with E-state index in [2.05, 4.69) is 4.33 Å².